The first-order valence-corrected chi connectivity index (χ1v) is 11.0. The van der Waals surface area contributed by atoms with Gasteiger partial charge in [-0.2, -0.15) is 4.31 Å². The van der Waals surface area contributed by atoms with Crippen molar-refractivity contribution in [2.45, 2.75) is 23.8 Å². The number of nitrogens with one attached hydrogen (secondary N) is 1. The highest BCUT2D eigenvalue weighted by Crippen LogP contribution is 2.21. The van der Waals surface area contributed by atoms with E-state index in [1.54, 1.807) is 12.1 Å². The molecular weight excluding hydrogens is 376 g/mol. The number of anilines is 1. The number of likely N-dealkylation sites (N-methyl/N-ethyl adjacent to an activating group) is 1. The van der Waals surface area contributed by atoms with Crippen molar-refractivity contribution in [2.24, 2.45) is 0 Å². The Kier molecular flexibility index (Phi) is 6.53. The molecule has 2 aliphatic heterocycles. The van der Waals surface area contributed by atoms with Gasteiger partial charge in [-0.25, -0.2) is 13.2 Å². The second-order valence-corrected chi connectivity index (χ2v) is 9.22. The summed E-state index contributed by atoms with van der Waals surface area (Å²) in [5.41, 5.74) is 0.584. The van der Waals surface area contributed by atoms with Crippen LogP contribution in [0.1, 0.15) is 12.8 Å². The number of carbonyl (C=O) groups is 1. The maximum atomic E-state index is 12.5. The molecule has 2 aliphatic rings. The van der Waals surface area contributed by atoms with Gasteiger partial charge in [0.05, 0.1) is 4.90 Å². The van der Waals surface area contributed by atoms with Gasteiger partial charge in [0.2, 0.25) is 10.0 Å². The number of hydrogen-bond acceptors (Lipinski definition) is 4. The van der Waals surface area contributed by atoms with Gasteiger partial charge < -0.3 is 10.2 Å². The zero-order chi connectivity index (χ0) is 20.1. The van der Waals surface area contributed by atoms with Crippen LogP contribution in [0.5, 0.6) is 0 Å². The fraction of sp³-hybridized carbons (Fsp3) is 0.450. The third-order valence-electron chi connectivity index (χ3n) is 5.31. The topological polar surface area (TPSA) is 73.0 Å². The minimum absolute atomic E-state index is 0.141. The van der Waals surface area contributed by atoms with Crippen molar-refractivity contribution >= 4 is 21.7 Å². The lowest BCUT2D eigenvalue weighted by Crippen LogP contribution is -2.47. The molecule has 0 spiro atoms. The van der Waals surface area contributed by atoms with Gasteiger partial charge >= 0.3 is 6.03 Å². The largest absolute Gasteiger partial charge is 0.324 e. The standard InChI is InChI=1S/C20H28N4O3S/c1-3-12-22(2)28(26,27)19-8-6-17(7-9-19)21-20(25)24-15-10-18(11-16-24)23-13-4-5-14-23/h3-9,18H,1,10-16H2,2H3,(H,21,25). The highest BCUT2D eigenvalue weighted by Gasteiger charge is 2.27. The van der Waals surface area contributed by atoms with Crippen LogP contribution >= 0.6 is 0 Å². The molecule has 28 heavy (non-hydrogen) atoms. The number of amides is 2. The lowest BCUT2D eigenvalue weighted by atomic mass is 10.0. The highest BCUT2D eigenvalue weighted by molar-refractivity contribution is 7.89. The van der Waals surface area contributed by atoms with Crippen molar-refractivity contribution < 1.29 is 13.2 Å². The summed E-state index contributed by atoms with van der Waals surface area (Å²) in [6, 6.07) is 6.66. The van der Waals surface area contributed by atoms with Gasteiger partial charge in [0.25, 0.3) is 0 Å². The molecule has 1 aromatic carbocycles. The highest BCUT2D eigenvalue weighted by atomic mass is 32.2. The Morgan fingerprint density at radius 3 is 2.39 bits per heavy atom. The Labute approximate surface area is 167 Å². The van der Waals surface area contributed by atoms with E-state index in [4.69, 9.17) is 0 Å². The number of piperidine rings is 1. The minimum Gasteiger partial charge on any atom is -0.324 e. The molecule has 1 aromatic rings. The Morgan fingerprint density at radius 1 is 1.21 bits per heavy atom. The summed E-state index contributed by atoms with van der Waals surface area (Å²) >= 11 is 0. The number of benzene rings is 1. The number of rotatable bonds is 6. The maximum absolute atomic E-state index is 12.5. The van der Waals surface area contributed by atoms with Crippen molar-refractivity contribution in [1.29, 1.82) is 0 Å². The van der Waals surface area contributed by atoms with Gasteiger partial charge in [-0.05, 0) is 37.1 Å². The molecule has 152 valence electrons. The van der Waals surface area contributed by atoms with Gasteiger partial charge in [0, 0.05) is 51.5 Å². The van der Waals surface area contributed by atoms with E-state index in [1.807, 2.05) is 4.90 Å². The monoisotopic (exact) mass is 404 g/mol. The van der Waals surface area contributed by atoms with Gasteiger partial charge in [-0.3, -0.25) is 4.90 Å². The SMILES string of the molecule is C=CCN(C)S(=O)(=O)c1ccc(NC(=O)N2CCC(N3CC=CC3)CC2)cc1. The Morgan fingerprint density at radius 2 is 1.82 bits per heavy atom. The summed E-state index contributed by atoms with van der Waals surface area (Å²) in [6.07, 6.45) is 7.87. The van der Waals surface area contributed by atoms with Gasteiger partial charge in [0.1, 0.15) is 0 Å². The molecule has 1 fully saturated rings. The molecule has 3 rings (SSSR count). The zero-order valence-electron chi connectivity index (χ0n) is 16.3. The molecule has 0 radical (unpaired) electrons. The Bertz CT molecular complexity index is 820. The van der Waals surface area contributed by atoms with Crippen LogP contribution in [0.3, 0.4) is 0 Å². The third kappa shape index (κ3) is 4.63. The molecule has 2 amide bonds. The number of urea groups is 1. The van der Waals surface area contributed by atoms with E-state index in [0.717, 1.165) is 39.0 Å². The predicted octanol–water partition coefficient (Wildman–Crippen LogP) is 2.36. The van der Waals surface area contributed by atoms with Crippen molar-refractivity contribution in [3.05, 3.63) is 49.1 Å². The smallest absolute Gasteiger partial charge is 0.321 e. The Balaban J connectivity index is 1.54. The number of sulfonamides is 1. The second kappa shape index (κ2) is 8.89. The molecule has 0 atom stereocenters. The molecule has 2 heterocycles. The summed E-state index contributed by atoms with van der Waals surface area (Å²) in [7, 11) is -2.04. The lowest BCUT2D eigenvalue weighted by molar-refractivity contribution is 0.144. The summed E-state index contributed by atoms with van der Waals surface area (Å²) in [5.74, 6) is 0. The van der Waals surface area contributed by atoms with Crippen LogP contribution in [0.15, 0.2) is 54.0 Å². The number of carbonyl (C=O) groups excluding carboxylic acids is 1. The van der Waals surface area contributed by atoms with E-state index in [0.29, 0.717) is 11.7 Å². The molecule has 0 saturated carbocycles. The van der Waals surface area contributed by atoms with Crippen LogP contribution in [-0.4, -0.2) is 74.4 Å². The maximum Gasteiger partial charge on any atom is 0.321 e. The molecule has 0 unspecified atom stereocenters. The average Bonchev–Trinajstić information content (AvgIpc) is 3.23. The first kappa shape index (κ1) is 20.6. The molecular formula is C20H28N4O3S. The van der Waals surface area contributed by atoms with Crippen molar-refractivity contribution in [2.75, 3.05) is 45.1 Å². The quantitative estimate of drug-likeness (QED) is 0.739. The average molecular weight is 405 g/mol. The third-order valence-corrected chi connectivity index (χ3v) is 7.15. The summed E-state index contributed by atoms with van der Waals surface area (Å²) in [4.78, 5) is 17.0. The van der Waals surface area contributed by atoms with Crippen LogP contribution in [0.25, 0.3) is 0 Å². The fourth-order valence-electron chi connectivity index (χ4n) is 3.60. The molecule has 0 aromatic heterocycles. The van der Waals surface area contributed by atoms with Crippen LogP contribution in [-0.2, 0) is 10.0 Å². The van der Waals surface area contributed by atoms with Gasteiger partial charge in [-0.1, -0.05) is 18.2 Å². The fourth-order valence-corrected chi connectivity index (χ4v) is 4.74. The predicted molar refractivity (Wildman–Crippen MR) is 111 cm³/mol. The van der Waals surface area contributed by atoms with Crippen LogP contribution in [0, 0.1) is 0 Å². The number of likely N-dealkylation sites (tertiary alicyclic amines) is 1. The summed E-state index contributed by atoms with van der Waals surface area (Å²) in [6.45, 7) is 7.27. The zero-order valence-corrected chi connectivity index (χ0v) is 17.1. The van der Waals surface area contributed by atoms with E-state index in [-0.39, 0.29) is 17.5 Å². The number of nitrogens with zero attached hydrogens (tertiary/aromatic N) is 3. The van der Waals surface area contributed by atoms with Crippen LogP contribution < -0.4 is 5.32 Å². The normalized spacial score (nSPS) is 18.6. The van der Waals surface area contributed by atoms with Crippen molar-refractivity contribution in [3.8, 4) is 0 Å². The first-order valence-electron chi connectivity index (χ1n) is 9.54. The van der Waals surface area contributed by atoms with E-state index in [2.05, 4.69) is 28.9 Å². The van der Waals surface area contributed by atoms with E-state index in [1.165, 1.54) is 29.6 Å². The molecule has 1 N–H and O–H groups in total. The van der Waals surface area contributed by atoms with Crippen LogP contribution in [0.4, 0.5) is 10.5 Å². The molecule has 1 saturated heterocycles. The Hall–Kier alpha value is -2.16. The van der Waals surface area contributed by atoms with E-state index < -0.39 is 10.0 Å². The first-order chi connectivity index (χ1) is 13.4. The molecule has 8 heteroatoms. The summed E-state index contributed by atoms with van der Waals surface area (Å²) < 4.78 is 26.1. The minimum atomic E-state index is -3.55. The van der Waals surface area contributed by atoms with E-state index >= 15 is 0 Å². The van der Waals surface area contributed by atoms with Crippen molar-refractivity contribution in [1.82, 2.24) is 14.1 Å². The van der Waals surface area contributed by atoms with Crippen LogP contribution in [0.2, 0.25) is 0 Å². The molecule has 0 aliphatic carbocycles. The molecule has 0 bridgehead atoms. The van der Waals surface area contributed by atoms with Gasteiger partial charge in [-0.15, -0.1) is 6.58 Å². The molecule has 7 nitrogen and oxygen atoms in total. The lowest BCUT2D eigenvalue weighted by Gasteiger charge is -2.36. The second-order valence-electron chi connectivity index (χ2n) is 7.17. The summed E-state index contributed by atoms with van der Waals surface area (Å²) in [5, 5.41) is 2.87. The van der Waals surface area contributed by atoms with Gasteiger partial charge in [0.15, 0.2) is 0 Å². The number of hydrogen-bond donors (Lipinski definition) is 1. The van der Waals surface area contributed by atoms with Crippen molar-refractivity contribution in [3.63, 3.8) is 0 Å². The van der Waals surface area contributed by atoms with E-state index in [9.17, 15) is 13.2 Å².